The zero-order chi connectivity index (χ0) is 15.9. The smallest absolute Gasteiger partial charge is 0.230 e. The highest BCUT2D eigenvalue weighted by Crippen LogP contribution is 2.18. The number of halogens is 2. The fourth-order valence-corrected chi connectivity index (χ4v) is 2.85. The van der Waals surface area contributed by atoms with Gasteiger partial charge in [-0.15, -0.1) is 11.8 Å². The Kier molecular flexibility index (Phi) is 5.95. The quantitative estimate of drug-likeness (QED) is 0.869. The zero-order valence-corrected chi connectivity index (χ0v) is 13.0. The van der Waals surface area contributed by atoms with Crippen LogP contribution in [0.15, 0.2) is 48.5 Å². The summed E-state index contributed by atoms with van der Waals surface area (Å²) in [6, 6.07) is 12.7. The SMILES string of the molecule is C[C@H](NC(=O)CSCc1ccccc1)c1ccc(F)cc1F. The topological polar surface area (TPSA) is 29.1 Å². The molecule has 2 aromatic carbocycles. The van der Waals surface area contributed by atoms with E-state index < -0.39 is 17.7 Å². The van der Waals surface area contributed by atoms with Gasteiger partial charge >= 0.3 is 0 Å². The molecule has 2 aromatic rings. The summed E-state index contributed by atoms with van der Waals surface area (Å²) in [6.07, 6.45) is 0. The van der Waals surface area contributed by atoms with Crippen LogP contribution in [0, 0.1) is 11.6 Å². The van der Waals surface area contributed by atoms with Gasteiger partial charge in [0.05, 0.1) is 11.8 Å². The molecule has 116 valence electrons. The first-order valence-corrected chi connectivity index (χ1v) is 8.07. The van der Waals surface area contributed by atoms with E-state index in [0.29, 0.717) is 5.75 Å². The number of hydrogen-bond acceptors (Lipinski definition) is 2. The van der Waals surface area contributed by atoms with Crippen LogP contribution in [-0.2, 0) is 10.5 Å². The van der Waals surface area contributed by atoms with Gasteiger partial charge in [-0.3, -0.25) is 4.79 Å². The summed E-state index contributed by atoms with van der Waals surface area (Å²) >= 11 is 1.49. The van der Waals surface area contributed by atoms with Gasteiger partial charge in [-0.2, -0.15) is 0 Å². The lowest BCUT2D eigenvalue weighted by Gasteiger charge is -2.15. The maximum Gasteiger partial charge on any atom is 0.230 e. The number of thioether (sulfide) groups is 1. The van der Waals surface area contributed by atoms with Gasteiger partial charge in [0, 0.05) is 17.4 Å². The van der Waals surface area contributed by atoms with Crippen molar-refractivity contribution in [3.05, 3.63) is 71.3 Å². The zero-order valence-electron chi connectivity index (χ0n) is 12.2. The van der Waals surface area contributed by atoms with E-state index in [0.717, 1.165) is 17.4 Å². The van der Waals surface area contributed by atoms with Crippen LogP contribution in [0.25, 0.3) is 0 Å². The van der Waals surface area contributed by atoms with E-state index in [1.165, 1.54) is 23.9 Å². The number of carbonyl (C=O) groups excluding carboxylic acids is 1. The molecule has 22 heavy (non-hydrogen) atoms. The molecule has 0 radical (unpaired) electrons. The first-order valence-electron chi connectivity index (χ1n) is 6.92. The largest absolute Gasteiger partial charge is 0.349 e. The van der Waals surface area contributed by atoms with Crippen LogP contribution >= 0.6 is 11.8 Å². The standard InChI is InChI=1S/C17H17F2NOS/c1-12(15-8-7-14(18)9-16(15)19)20-17(21)11-22-10-13-5-3-2-4-6-13/h2-9,12H,10-11H2,1H3,(H,20,21)/t12-/m0/s1. The molecule has 0 aliphatic carbocycles. The van der Waals surface area contributed by atoms with Crippen molar-refractivity contribution in [2.45, 2.75) is 18.7 Å². The van der Waals surface area contributed by atoms with Crippen molar-refractivity contribution in [3.8, 4) is 0 Å². The number of rotatable bonds is 6. The molecular formula is C17H17F2NOS. The molecule has 0 aliphatic heterocycles. The highest BCUT2D eigenvalue weighted by atomic mass is 32.2. The molecular weight excluding hydrogens is 304 g/mol. The molecule has 2 nitrogen and oxygen atoms in total. The highest BCUT2D eigenvalue weighted by Gasteiger charge is 2.14. The van der Waals surface area contributed by atoms with E-state index in [4.69, 9.17) is 0 Å². The summed E-state index contributed by atoms with van der Waals surface area (Å²) in [4.78, 5) is 11.9. The van der Waals surface area contributed by atoms with Gasteiger partial charge in [0.2, 0.25) is 5.91 Å². The van der Waals surface area contributed by atoms with Crippen molar-refractivity contribution in [1.29, 1.82) is 0 Å². The van der Waals surface area contributed by atoms with Gasteiger partial charge in [-0.25, -0.2) is 8.78 Å². The Morgan fingerprint density at radius 3 is 2.59 bits per heavy atom. The Labute approximate surface area is 132 Å². The number of hydrogen-bond donors (Lipinski definition) is 1. The Balaban J connectivity index is 1.81. The minimum absolute atomic E-state index is 0.169. The lowest BCUT2D eigenvalue weighted by atomic mass is 10.1. The van der Waals surface area contributed by atoms with Crippen LogP contribution in [0.1, 0.15) is 24.1 Å². The third-order valence-corrected chi connectivity index (χ3v) is 4.15. The van der Waals surface area contributed by atoms with Crippen LogP contribution in [0.4, 0.5) is 8.78 Å². The van der Waals surface area contributed by atoms with Crippen LogP contribution < -0.4 is 5.32 Å². The molecule has 0 fully saturated rings. The fourth-order valence-electron chi connectivity index (χ4n) is 2.05. The van der Waals surface area contributed by atoms with Crippen LogP contribution in [0.2, 0.25) is 0 Å². The summed E-state index contributed by atoms with van der Waals surface area (Å²) in [5.41, 5.74) is 1.43. The lowest BCUT2D eigenvalue weighted by Crippen LogP contribution is -2.28. The maximum atomic E-state index is 13.6. The Morgan fingerprint density at radius 1 is 1.18 bits per heavy atom. The van der Waals surface area contributed by atoms with E-state index in [2.05, 4.69) is 5.32 Å². The molecule has 0 unspecified atom stereocenters. The molecule has 5 heteroatoms. The Bertz CT molecular complexity index is 634. The normalized spacial score (nSPS) is 12.0. The van der Waals surface area contributed by atoms with E-state index in [1.54, 1.807) is 6.92 Å². The Hall–Kier alpha value is -1.88. The van der Waals surface area contributed by atoms with Crippen molar-refractivity contribution in [2.75, 3.05) is 5.75 Å². The summed E-state index contributed by atoms with van der Waals surface area (Å²) in [7, 11) is 0. The van der Waals surface area contributed by atoms with E-state index in [9.17, 15) is 13.6 Å². The summed E-state index contributed by atoms with van der Waals surface area (Å²) in [5, 5.41) is 2.72. The van der Waals surface area contributed by atoms with Crippen molar-refractivity contribution in [1.82, 2.24) is 5.32 Å². The molecule has 1 N–H and O–H groups in total. The van der Waals surface area contributed by atoms with Crippen LogP contribution in [-0.4, -0.2) is 11.7 Å². The minimum atomic E-state index is -0.648. The second-order valence-corrected chi connectivity index (χ2v) is 5.92. The first kappa shape index (κ1) is 16.5. The summed E-state index contributed by atoms with van der Waals surface area (Å²) in [5.74, 6) is -0.407. The molecule has 0 spiro atoms. The second-order valence-electron chi connectivity index (χ2n) is 4.93. The number of nitrogens with one attached hydrogen (secondary N) is 1. The Morgan fingerprint density at radius 2 is 1.91 bits per heavy atom. The van der Waals surface area contributed by atoms with Gasteiger partial charge in [0.1, 0.15) is 11.6 Å². The first-order chi connectivity index (χ1) is 10.6. The fraction of sp³-hybridized carbons (Fsp3) is 0.235. The average Bonchev–Trinajstić information content (AvgIpc) is 2.48. The van der Waals surface area contributed by atoms with Gasteiger partial charge in [-0.1, -0.05) is 36.4 Å². The second kappa shape index (κ2) is 7.94. The van der Waals surface area contributed by atoms with Crippen molar-refractivity contribution in [2.24, 2.45) is 0 Å². The molecule has 1 atom stereocenters. The number of benzene rings is 2. The van der Waals surface area contributed by atoms with Crippen LogP contribution in [0.5, 0.6) is 0 Å². The predicted molar refractivity (Wildman–Crippen MR) is 85.5 cm³/mol. The molecule has 0 saturated heterocycles. The van der Waals surface area contributed by atoms with Crippen molar-refractivity contribution in [3.63, 3.8) is 0 Å². The predicted octanol–water partition coefficient (Wildman–Crippen LogP) is 4.08. The number of carbonyl (C=O) groups is 1. The van der Waals surface area contributed by atoms with Crippen LogP contribution in [0.3, 0.4) is 0 Å². The molecule has 0 heterocycles. The van der Waals surface area contributed by atoms with Crippen molar-refractivity contribution < 1.29 is 13.6 Å². The molecule has 0 aromatic heterocycles. The molecule has 0 saturated carbocycles. The van der Waals surface area contributed by atoms with Crippen molar-refractivity contribution >= 4 is 17.7 Å². The average molecular weight is 321 g/mol. The highest BCUT2D eigenvalue weighted by molar-refractivity contribution is 7.99. The number of amides is 1. The third-order valence-electron chi connectivity index (χ3n) is 3.15. The monoisotopic (exact) mass is 321 g/mol. The van der Waals surface area contributed by atoms with E-state index in [1.807, 2.05) is 30.3 Å². The molecule has 1 amide bonds. The molecule has 0 aliphatic rings. The van der Waals surface area contributed by atoms with Gasteiger partial charge < -0.3 is 5.32 Å². The molecule has 0 bridgehead atoms. The summed E-state index contributed by atoms with van der Waals surface area (Å²) < 4.78 is 26.5. The van der Waals surface area contributed by atoms with E-state index in [-0.39, 0.29) is 11.5 Å². The maximum absolute atomic E-state index is 13.6. The van der Waals surface area contributed by atoms with E-state index >= 15 is 0 Å². The van der Waals surface area contributed by atoms with Gasteiger partial charge in [0.15, 0.2) is 0 Å². The van der Waals surface area contributed by atoms with Gasteiger partial charge in [0.25, 0.3) is 0 Å². The third kappa shape index (κ3) is 4.84. The summed E-state index contributed by atoms with van der Waals surface area (Å²) in [6.45, 7) is 1.68. The molecule has 2 rings (SSSR count). The lowest BCUT2D eigenvalue weighted by molar-refractivity contribution is -0.119. The van der Waals surface area contributed by atoms with Gasteiger partial charge in [-0.05, 0) is 18.6 Å². The minimum Gasteiger partial charge on any atom is -0.349 e.